The molecule has 0 bridgehead atoms. The van der Waals surface area contributed by atoms with Gasteiger partial charge in [-0.15, -0.1) is 0 Å². The lowest BCUT2D eigenvalue weighted by atomic mass is 9.99. The van der Waals surface area contributed by atoms with Gasteiger partial charge in [0.2, 0.25) is 18.9 Å². The first-order valence-corrected chi connectivity index (χ1v) is 14.6. The number of hydrogen-bond donors (Lipinski definition) is 14. The number of aliphatic carboxylic acids is 1. The Morgan fingerprint density at radius 1 is 0.429 bits per heavy atom. The average Bonchev–Trinajstić information content (AvgIpc) is 3.08. The molecule has 49 heavy (non-hydrogen) atoms. The summed E-state index contributed by atoms with van der Waals surface area (Å²) < 4.78 is 20.4. The lowest BCUT2D eigenvalue weighted by Crippen LogP contribution is -2.63. The van der Waals surface area contributed by atoms with Crippen molar-refractivity contribution in [1.29, 1.82) is 0 Å². The molecule has 4 heterocycles. The number of carbonyl (C=O) groups is 1. The lowest BCUT2D eigenvalue weighted by Gasteiger charge is -2.44. The summed E-state index contributed by atoms with van der Waals surface area (Å²) in [6.45, 7) is -2.70. The van der Waals surface area contributed by atoms with Crippen LogP contribution in [0.4, 0.5) is 0 Å². The SMILES string of the molecule is O=C(O)[C@H]1O[C@H](O)[C@H](O)[C@@H](O)[C@@H]1OO[C@H]1O[C@H](CO)[C@H](OO[C@@H]2O[C@H](CO)[C@@H](OO[C@@H]3O[C@H](CO)[C@@H](O)[C@H](O)[C@H]3O)[C@H](O)[C@H]2O)[C@H](O)[C@H]1O. The Kier molecular flexibility index (Phi) is 14.3. The number of hydrogen-bond acceptors (Lipinski definition) is 24. The summed E-state index contributed by atoms with van der Waals surface area (Å²) >= 11 is 0. The summed E-state index contributed by atoms with van der Waals surface area (Å²) in [5.74, 6) is -1.75. The fourth-order valence-corrected chi connectivity index (χ4v) is 5.16. The number of aliphatic hydroxyl groups is 13. The highest BCUT2D eigenvalue weighted by atomic mass is 17.3. The van der Waals surface area contributed by atoms with Gasteiger partial charge in [0, 0.05) is 0 Å². The normalized spacial score (nSPS) is 49.5. The zero-order chi connectivity index (χ0) is 36.3. The first-order valence-electron chi connectivity index (χ1n) is 14.6. The largest absolute Gasteiger partial charge is 0.479 e. The Bertz CT molecular complexity index is 1030. The van der Waals surface area contributed by atoms with E-state index in [-0.39, 0.29) is 0 Å². The predicted octanol–water partition coefficient (Wildman–Crippen LogP) is -9.86. The monoisotopic (exact) mass is 728 g/mol. The zero-order valence-corrected chi connectivity index (χ0v) is 24.9. The minimum Gasteiger partial charge on any atom is -0.479 e. The Morgan fingerprint density at radius 2 is 0.796 bits per heavy atom. The van der Waals surface area contributed by atoms with Crippen LogP contribution in [0.3, 0.4) is 0 Å². The summed E-state index contributed by atoms with van der Waals surface area (Å²) in [5.41, 5.74) is 0. The van der Waals surface area contributed by atoms with Gasteiger partial charge in [0.15, 0.2) is 18.5 Å². The highest BCUT2D eigenvalue weighted by Gasteiger charge is 2.53. The van der Waals surface area contributed by atoms with Gasteiger partial charge in [-0.05, 0) is 0 Å². The zero-order valence-electron chi connectivity index (χ0n) is 24.9. The lowest BCUT2D eigenvalue weighted by molar-refractivity contribution is -0.501. The summed E-state index contributed by atoms with van der Waals surface area (Å²) in [6.07, 6.45) is -38.0. The Hall–Kier alpha value is -1.45. The van der Waals surface area contributed by atoms with Gasteiger partial charge >= 0.3 is 5.97 Å². The quantitative estimate of drug-likeness (QED) is 0.0618. The summed E-state index contributed by atoms with van der Waals surface area (Å²) in [7, 11) is 0. The van der Waals surface area contributed by atoms with Gasteiger partial charge in [-0.3, -0.25) is 0 Å². The first-order chi connectivity index (χ1) is 23.2. The molecule has 14 N–H and O–H groups in total. The van der Waals surface area contributed by atoms with Crippen molar-refractivity contribution in [2.75, 3.05) is 19.8 Å². The second-order valence-corrected chi connectivity index (χ2v) is 11.3. The molecule has 0 radical (unpaired) electrons. The number of carboxylic acid groups (broad SMARTS) is 1. The van der Waals surface area contributed by atoms with E-state index in [0.29, 0.717) is 0 Å². The molecule has 0 aromatic carbocycles. The Labute approximate surface area is 273 Å². The van der Waals surface area contributed by atoms with Crippen LogP contribution in [0, 0.1) is 0 Å². The summed E-state index contributed by atoms with van der Waals surface area (Å²) in [6, 6.07) is 0. The van der Waals surface area contributed by atoms with Crippen molar-refractivity contribution in [3.05, 3.63) is 0 Å². The van der Waals surface area contributed by atoms with E-state index in [1.165, 1.54) is 0 Å². The molecule has 0 aromatic heterocycles. The molecule has 0 aromatic rings. The first kappa shape index (κ1) is 40.3. The molecule has 4 aliphatic rings. The van der Waals surface area contributed by atoms with Crippen LogP contribution in [-0.2, 0) is 53.1 Å². The van der Waals surface area contributed by atoms with Crippen molar-refractivity contribution in [2.45, 2.75) is 123 Å². The maximum atomic E-state index is 11.5. The Balaban J connectivity index is 1.33. The maximum Gasteiger partial charge on any atom is 0.335 e. The minimum absolute atomic E-state index is 0.794. The van der Waals surface area contributed by atoms with Crippen LogP contribution >= 0.6 is 0 Å². The van der Waals surface area contributed by atoms with Crippen LogP contribution in [0.5, 0.6) is 0 Å². The average molecular weight is 729 g/mol. The Morgan fingerprint density at radius 3 is 1.20 bits per heavy atom. The van der Waals surface area contributed by atoms with Crippen LogP contribution < -0.4 is 0 Å². The van der Waals surface area contributed by atoms with Crippen molar-refractivity contribution >= 4 is 5.97 Å². The van der Waals surface area contributed by atoms with E-state index in [2.05, 4.69) is 4.74 Å². The third-order valence-electron chi connectivity index (χ3n) is 8.08. The van der Waals surface area contributed by atoms with Crippen molar-refractivity contribution in [1.82, 2.24) is 0 Å². The van der Waals surface area contributed by atoms with E-state index in [1.54, 1.807) is 0 Å². The molecule has 4 rings (SSSR count). The van der Waals surface area contributed by atoms with E-state index < -0.39 is 149 Å². The van der Waals surface area contributed by atoms with Crippen molar-refractivity contribution < 1.29 is 125 Å². The van der Waals surface area contributed by atoms with Crippen LogP contribution in [-0.4, -0.2) is 220 Å². The molecule has 0 saturated carbocycles. The maximum absolute atomic E-state index is 11.5. The second kappa shape index (κ2) is 17.4. The summed E-state index contributed by atoms with van der Waals surface area (Å²) in [5, 5.41) is 140. The fourth-order valence-electron chi connectivity index (χ4n) is 5.16. The van der Waals surface area contributed by atoms with Crippen molar-refractivity contribution in [3.63, 3.8) is 0 Å². The number of rotatable bonds is 13. The molecular formula is C24H40O25. The molecule has 25 heteroatoms. The molecule has 25 nitrogen and oxygen atoms in total. The van der Waals surface area contributed by atoms with E-state index in [9.17, 15) is 76.3 Å². The summed E-state index contributed by atoms with van der Waals surface area (Å²) in [4.78, 5) is 41.0. The van der Waals surface area contributed by atoms with Crippen LogP contribution in [0.2, 0.25) is 0 Å². The second-order valence-electron chi connectivity index (χ2n) is 11.3. The van der Waals surface area contributed by atoms with Crippen LogP contribution in [0.25, 0.3) is 0 Å². The third-order valence-corrected chi connectivity index (χ3v) is 8.08. The minimum atomic E-state index is -2.12. The standard InChI is InChI=1S/C24H40O25/c25-1-4-7(28)8(29)13(34)22(40-4)47-44-16-5(2-26)41-23(14(35)10(16)31)48-45-17-6(3-27)42-24(15(36)11(17)32)49-46-18-9(30)12(33)21(39)43-19(18)20(37)38/h4-19,21-36,39H,1-3H2,(H,37,38)/t4-,5-,6-,7-,8+,9-,10-,11-,12-,13-,14-,15-,16-,17+,18+,19+,21+,22+,23+,24-/m1/s1. The highest BCUT2D eigenvalue weighted by Crippen LogP contribution is 2.31. The molecule has 286 valence electrons. The van der Waals surface area contributed by atoms with Gasteiger partial charge in [0.1, 0.15) is 85.5 Å². The topological polar surface area (TPSA) is 393 Å². The van der Waals surface area contributed by atoms with Gasteiger partial charge in [0.05, 0.1) is 19.8 Å². The third kappa shape index (κ3) is 8.62. The van der Waals surface area contributed by atoms with Gasteiger partial charge in [-0.25, -0.2) is 34.1 Å². The van der Waals surface area contributed by atoms with E-state index in [0.717, 1.165) is 0 Å². The van der Waals surface area contributed by atoms with Gasteiger partial charge in [-0.1, -0.05) is 0 Å². The van der Waals surface area contributed by atoms with Crippen LogP contribution in [0.1, 0.15) is 0 Å². The van der Waals surface area contributed by atoms with Crippen molar-refractivity contribution in [2.24, 2.45) is 0 Å². The van der Waals surface area contributed by atoms with Crippen LogP contribution in [0.15, 0.2) is 0 Å². The van der Waals surface area contributed by atoms with E-state index in [4.69, 9.17) is 43.5 Å². The molecule has 0 aliphatic carbocycles. The van der Waals surface area contributed by atoms with Gasteiger partial charge in [-0.2, -0.15) is 0 Å². The molecule has 0 unspecified atom stereocenters. The molecule has 0 amide bonds. The van der Waals surface area contributed by atoms with Gasteiger partial charge < -0.3 is 90.4 Å². The molecule has 20 atom stereocenters. The molecule has 4 saturated heterocycles. The molecule has 4 fully saturated rings. The van der Waals surface area contributed by atoms with Gasteiger partial charge in [0.25, 0.3) is 0 Å². The molecule has 0 spiro atoms. The fraction of sp³-hybridized carbons (Fsp3) is 0.958. The number of ether oxygens (including phenoxy) is 4. The number of aliphatic hydroxyl groups excluding tert-OH is 13. The highest BCUT2D eigenvalue weighted by molar-refractivity contribution is 5.73. The predicted molar refractivity (Wildman–Crippen MR) is 138 cm³/mol. The smallest absolute Gasteiger partial charge is 0.335 e. The van der Waals surface area contributed by atoms with E-state index >= 15 is 0 Å². The molecule has 4 aliphatic heterocycles. The molecular weight excluding hydrogens is 688 g/mol. The number of carboxylic acids is 1. The van der Waals surface area contributed by atoms with Crippen molar-refractivity contribution in [3.8, 4) is 0 Å². The van der Waals surface area contributed by atoms with E-state index in [1.807, 2.05) is 0 Å².